The zero-order chi connectivity index (χ0) is 24.2. The van der Waals surface area contributed by atoms with Crippen LogP contribution in [-0.2, 0) is 4.74 Å². The van der Waals surface area contributed by atoms with E-state index < -0.39 is 11.9 Å². The quantitative estimate of drug-likeness (QED) is 0.353. The van der Waals surface area contributed by atoms with Crippen LogP contribution >= 0.6 is 23.2 Å². The van der Waals surface area contributed by atoms with E-state index in [4.69, 9.17) is 33.7 Å². The summed E-state index contributed by atoms with van der Waals surface area (Å²) in [5, 5.41) is 7.69. The molecule has 34 heavy (non-hydrogen) atoms. The number of nitrogens with two attached hydrogens (primary N) is 1. The number of esters is 1. The maximum atomic E-state index is 13.2. The Morgan fingerprint density at radius 2 is 1.76 bits per heavy atom. The highest BCUT2D eigenvalue weighted by Crippen LogP contribution is 2.30. The summed E-state index contributed by atoms with van der Waals surface area (Å²) in [4.78, 5) is 29.7. The average molecular weight is 496 g/mol. The number of hydrogen-bond donors (Lipinski definition) is 2. The van der Waals surface area contributed by atoms with Crippen LogP contribution in [0.1, 0.15) is 27.8 Å². The minimum atomic E-state index is -0.602. The molecule has 0 spiro atoms. The number of nitrogens with one attached hydrogen (secondary N) is 1. The van der Waals surface area contributed by atoms with E-state index in [1.807, 2.05) is 18.2 Å². The molecule has 0 fully saturated rings. The molecular formula is C24H19Cl2N5O3. The van der Waals surface area contributed by atoms with Crippen LogP contribution in [0.2, 0.25) is 10.0 Å². The van der Waals surface area contributed by atoms with Gasteiger partial charge in [-0.3, -0.25) is 4.79 Å². The van der Waals surface area contributed by atoms with Gasteiger partial charge in [0, 0.05) is 11.6 Å². The van der Waals surface area contributed by atoms with Crippen LogP contribution in [0.25, 0.3) is 16.9 Å². The summed E-state index contributed by atoms with van der Waals surface area (Å²) >= 11 is 12.6. The summed E-state index contributed by atoms with van der Waals surface area (Å²) in [6, 6.07) is 18.5. The van der Waals surface area contributed by atoms with Gasteiger partial charge < -0.3 is 15.8 Å². The number of carbonyl (C=O) groups is 2. The standard InChI is InChI=1S/C24H19Cl2N5O3/c1-2-34-24(33)19-13-21(31(30-19)15-6-4-3-5-7-15)29-23(32)16-12-14(8-9-17(16)25)22-18(26)10-11-20(27)28-22/h3-13H,2H2,1H3,(H2,27,28)(H,29,32). The average Bonchev–Trinajstić information content (AvgIpc) is 3.25. The first-order valence-corrected chi connectivity index (χ1v) is 11.0. The van der Waals surface area contributed by atoms with Crippen molar-refractivity contribution >= 4 is 46.7 Å². The molecule has 0 unspecified atom stereocenters. The van der Waals surface area contributed by atoms with Gasteiger partial charge in [-0.25, -0.2) is 14.5 Å². The highest BCUT2D eigenvalue weighted by Gasteiger charge is 2.20. The summed E-state index contributed by atoms with van der Waals surface area (Å²) in [5.74, 6) is -0.561. The van der Waals surface area contributed by atoms with Crippen LogP contribution in [0.5, 0.6) is 0 Å². The molecule has 8 nitrogen and oxygen atoms in total. The maximum Gasteiger partial charge on any atom is 0.358 e. The number of pyridine rings is 1. The predicted octanol–water partition coefficient (Wildman–Crippen LogP) is 5.25. The van der Waals surface area contributed by atoms with Crippen LogP contribution in [0.3, 0.4) is 0 Å². The topological polar surface area (TPSA) is 112 Å². The molecule has 4 rings (SSSR count). The number of ether oxygens (including phenoxy) is 1. The molecule has 2 aromatic heterocycles. The number of para-hydroxylation sites is 1. The van der Waals surface area contributed by atoms with Gasteiger partial charge in [0.1, 0.15) is 11.6 Å². The molecule has 4 aromatic rings. The van der Waals surface area contributed by atoms with Crippen molar-refractivity contribution in [3.8, 4) is 16.9 Å². The van der Waals surface area contributed by atoms with Crippen molar-refractivity contribution in [2.75, 3.05) is 17.7 Å². The predicted molar refractivity (Wildman–Crippen MR) is 132 cm³/mol. The minimum Gasteiger partial charge on any atom is -0.461 e. The molecule has 2 heterocycles. The fraction of sp³-hybridized carbons (Fsp3) is 0.0833. The van der Waals surface area contributed by atoms with Gasteiger partial charge in [-0.15, -0.1) is 0 Å². The Labute approximate surface area is 205 Å². The van der Waals surface area contributed by atoms with E-state index in [0.717, 1.165) is 0 Å². The van der Waals surface area contributed by atoms with Crippen LogP contribution in [0.4, 0.5) is 11.6 Å². The van der Waals surface area contributed by atoms with Gasteiger partial charge in [-0.05, 0) is 43.3 Å². The Kier molecular flexibility index (Phi) is 6.81. The molecule has 0 saturated carbocycles. The Morgan fingerprint density at radius 1 is 1.03 bits per heavy atom. The van der Waals surface area contributed by atoms with Crippen molar-refractivity contribution in [3.05, 3.63) is 88.0 Å². The molecule has 1 amide bonds. The van der Waals surface area contributed by atoms with Gasteiger partial charge in [0.05, 0.1) is 33.6 Å². The number of aromatic nitrogens is 3. The van der Waals surface area contributed by atoms with Crippen molar-refractivity contribution < 1.29 is 14.3 Å². The molecule has 2 aromatic carbocycles. The van der Waals surface area contributed by atoms with Crippen molar-refractivity contribution in [3.63, 3.8) is 0 Å². The second kappa shape index (κ2) is 9.94. The van der Waals surface area contributed by atoms with E-state index in [-0.39, 0.29) is 28.7 Å². The Bertz CT molecular complexity index is 1370. The van der Waals surface area contributed by atoms with Crippen molar-refractivity contribution in [1.82, 2.24) is 14.8 Å². The van der Waals surface area contributed by atoms with E-state index in [9.17, 15) is 9.59 Å². The second-order valence-corrected chi connectivity index (χ2v) is 7.91. The van der Waals surface area contributed by atoms with E-state index >= 15 is 0 Å². The largest absolute Gasteiger partial charge is 0.461 e. The molecule has 0 aliphatic carbocycles. The zero-order valence-electron chi connectivity index (χ0n) is 18.0. The smallest absolute Gasteiger partial charge is 0.358 e. The van der Waals surface area contributed by atoms with Gasteiger partial charge in [0.25, 0.3) is 5.91 Å². The number of nitrogens with zero attached hydrogens (tertiary/aromatic N) is 3. The van der Waals surface area contributed by atoms with Gasteiger partial charge in [-0.1, -0.05) is 47.5 Å². The summed E-state index contributed by atoms with van der Waals surface area (Å²) in [6.07, 6.45) is 0. The van der Waals surface area contributed by atoms with Gasteiger partial charge in [0.15, 0.2) is 5.69 Å². The van der Waals surface area contributed by atoms with E-state index in [1.165, 1.54) is 10.7 Å². The molecule has 0 radical (unpaired) electrons. The monoisotopic (exact) mass is 495 g/mol. The van der Waals surface area contributed by atoms with Gasteiger partial charge in [0.2, 0.25) is 0 Å². The molecule has 0 bridgehead atoms. The first kappa shape index (κ1) is 23.3. The summed E-state index contributed by atoms with van der Waals surface area (Å²) < 4.78 is 6.49. The van der Waals surface area contributed by atoms with Crippen molar-refractivity contribution in [2.45, 2.75) is 6.92 Å². The third-order valence-electron chi connectivity index (χ3n) is 4.79. The molecule has 0 saturated heterocycles. The van der Waals surface area contributed by atoms with Crippen LogP contribution in [-0.4, -0.2) is 33.2 Å². The fourth-order valence-electron chi connectivity index (χ4n) is 3.23. The number of nitrogen functional groups attached to an aromatic ring is 1. The molecule has 0 atom stereocenters. The lowest BCUT2D eigenvalue weighted by Gasteiger charge is -2.11. The summed E-state index contributed by atoms with van der Waals surface area (Å²) in [6.45, 7) is 1.90. The molecule has 0 aliphatic rings. The van der Waals surface area contributed by atoms with Crippen molar-refractivity contribution in [2.24, 2.45) is 0 Å². The van der Waals surface area contributed by atoms with E-state index in [1.54, 1.807) is 49.4 Å². The van der Waals surface area contributed by atoms with Gasteiger partial charge in [-0.2, -0.15) is 5.10 Å². The fourth-order valence-corrected chi connectivity index (χ4v) is 3.65. The number of amides is 1. The first-order valence-electron chi connectivity index (χ1n) is 10.2. The van der Waals surface area contributed by atoms with Crippen LogP contribution < -0.4 is 11.1 Å². The van der Waals surface area contributed by atoms with E-state index in [0.29, 0.717) is 27.8 Å². The van der Waals surface area contributed by atoms with E-state index in [2.05, 4.69) is 15.4 Å². The van der Waals surface area contributed by atoms with Crippen LogP contribution in [0.15, 0.2) is 66.7 Å². The number of halogens is 2. The van der Waals surface area contributed by atoms with Gasteiger partial charge >= 0.3 is 5.97 Å². The lowest BCUT2D eigenvalue weighted by atomic mass is 10.1. The number of anilines is 2. The summed E-state index contributed by atoms with van der Waals surface area (Å²) in [5.41, 5.74) is 7.65. The second-order valence-electron chi connectivity index (χ2n) is 7.10. The number of benzene rings is 2. The third-order valence-corrected chi connectivity index (χ3v) is 5.42. The lowest BCUT2D eigenvalue weighted by Crippen LogP contribution is -2.15. The Morgan fingerprint density at radius 3 is 2.50 bits per heavy atom. The SMILES string of the molecule is CCOC(=O)c1cc(NC(=O)c2cc(-c3nc(N)ccc3Cl)ccc2Cl)n(-c2ccccc2)n1. The molecular weight excluding hydrogens is 477 g/mol. The highest BCUT2D eigenvalue weighted by molar-refractivity contribution is 6.35. The number of carbonyl (C=O) groups excluding carboxylic acids is 2. The lowest BCUT2D eigenvalue weighted by molar-refractivity contribution is 0.0518. The molecule has 0 aliphatic heterocycles. The Balaban J connectivity index is 1.71. The normalized spacial score (nSPS) is 10.7. The molecule has 3 N–H and O–H groups in total. The molecule has 10 heteroatoms. The number of rotatable bonds is 6. The Hall–Kier alpha value is -3.88. The highest BCUT2D eigenvalue weighted by atomic mass is 35.5. The maximum absolute atomic E-state index is 13.2. The molecule has 172 valence electrons. The third kappa shape index (κ3) is 4.88. The van der Waals surface area contributed by atoms with Crippen LogP contribution in [0, 0.1) is 0 Å². The minimum absolute atomic E-state index is 0.0524. The number of hydrogen-bond acceptors (Lipinski definition) is 6. The first-order chi connectivity index (χ1) is 16.4. The zero-order valence-corrected chi connectivity index (χ0v) is 19.5. The summed E-state index contributed by atoms with van der Waals surface area (Å²) in [7, 11) is 0. The van der Waals surface area contributed by atoms with Crippen molar-refractivity contribution in [1.29, 1.82) is 0 Å².